The second-order valence-electron chi connectivity index (χ2n) is 13.5. The summed E-state index contributed by atoms with van der Waals surface area (Å²) in [5.41, 5.74) is 8.15. The Morgan fingerprint density at radius 3 is 1.91 bits per heavy atom. The van der Waals surface area contributed by atoms with Crippen LogP contribution in [0.4, 0.5) is 0 Å². The van der Waals surface area contributed by atoms with E-state index < -0.39 is 0 Å². The molecule has 0 aliphatic carbocycles. The van der Waals surface area contributed by atoms with Gasteiger partial charge in [-0.15, -0.1) is 11.3 Å². The minimum atomic E-state index is 0.608. The van der Waals surface area contributed by atoms with Crippen molar-refractivity contribution in [2.75, 3.05) is 0 Å². The van der Waals surface area contributed by atoms with E-state index in [1.54, 1.807) is 11.3 Å². The molecule has 0 amide bonds. The van der Waals surface area contributed by atoms with Crippen molar-refractivity contribution in [2.45, 2.75) is 0 Å². The average Bonchev–Trinajstić information content (AvgIpc) is 3.83. The third kappa shape index (κ3) is 4.99. The van der Waals surface area contributed by atoms with Crippen molar-refractivity contribution in [2.24, 2.45) is 0 Å². The van der Waals surface area contributed by atoms with Crippen molar-refractivity contribution in [3.63, 3.8) is 0 Å². The van der Waals surface area contributed by atoms with Crippen LogP contribution >= 0.6 is 11.3 Å². The molecule has 0 fully saturated rings. The van der Waals surface area contributed by atoms with Gasteiger partial charge in [0, 0.05) is 38.7 Å². The highest BCUT2D eigenvalue weighted by molar-refractivity contribution is 7.21. The van der Waals surface area contributed by atoms with E-state index in [9.17, 15) is 0 Å². The summed E-state index contributed by atoms with van der Waals surface area (Å²) in [6.45, 7) is 0. The predicted molar refractivity (Wildman–Crippen MR) is 224 cm³/mol. The summed E-state index contributed by atoms with van der Waals surface area (Å²) >= 11 is 1.70. The highest BCUT2D eigenvalue weighted by atomic mass is 32.1. The van der Waals surface area contributed by atoms with Crippen molar-refractivity contribution in [1.29, 1.82) is 0 Å². The first-order valence-electron chi connectivity index (χ1n) is 18.0. The molecule has 5 nitrogen and oxygen atoms in total. The van der Waals surface area contributed by atoms with Gasteiger partial charge in [0.25, 0.3) is 0 Å². The standard InChI is InChI=1S/C48H29N5S/c1-3-13-32(14-4-1)45-50-46(52-47(51-45)38-19-11-21-42-44(38)37-18-9-10-20-41(37)53(42)35-15-5-2-6-16-35)33-26-27-43-40(29-33)49-48(54-43)34-25-24-31-23-22-30-12-7-8-17-36(30)39(31)28-34/h1-29H. The predicted octanol–water partition coefficient (Wildman–Crippen LogP) is 12.6. The summed E-state index contributed by atoms with van der Waals surface area (Å²) in [6.07, 6.45) is 0. The van der Waals surface area contributed by atoms with E-state index in [0.29, 0.717) is 17.5 Å². The lowest BCUT2D eigenvalue weighted by molar-refractivity contribution is 1.08. The van der Waals surface area contributed by atoms with Crippen LogP contribution in [-0.4, -0.2) is 24.5 Å². The van der Waals surface area contributed by atoms with Gasteiger partial charge in [-0.05, 0) is 70.1 Å². The van der Waals surface area contributed by atoms with E-state index in [0.717, 1.165) is 65.0 Å². The molecular formula is C48H29N5S. The normalized spacial score (nSPS) is 11.7. The molecule has 6 heteroatoms. The molecule has 8 aromatic carbocycles. The Morgan fingerprint density at radius 2 is 1.06 bits per heavy atom. The first-order valence-corrected chi connectivity index (χ1v) is 18.8. The zero-order valence-electron chi connectivity index (χ0n) is 28.9. The molecule has 3 aromatic heterocycles. The lowest BCUT2D eigenvalue weighted by Crippen LogP contribution is -2.00. The quantitative estimate of drug-likeness (QED) is 0.167. The molecule has 0 aliphatic rings. The largest absolute Gasteiger partial charge is 0.309 e. The minimum Gasteiger partial charge on any atom is -0.309 e. The van der Waals surface area contributed by atoms with E-state index in [4.69, 9.17) is 19.9 Å². The van der Waals surface area contributed by atoms with E-state index in [1.807, 2.05) is 30.3 Å². The topological polar surface area (TPSA) is 56.5 Å². The number of rotatable bonds is 5. The van der Waals surface area contributed by atoms with Crippen molar-refractivity contribution < 1.29 is 0 Å². The van der Waals surface area contributed by atoms with Gasteiger partial charge in [-0.3, -0.25) is 0 Å². The molecule has 0 radical (unpaired) electrons. The van der Waals surface area contributed by atoms with Crippen LogP contribution in [0.5, 0.6) is 0 Å². The Bertz CT molecular complexity index is 3220. The van der Waals surface area contributed by atoms with Crippen LogP contribution in [0, 0.1) is 0 Å². The van der Waals surface area contributed by atoms with Crippen LogP contribution in [0.2, 0.25) is 0 Å². The molecule has 54 heavy (non-hydrogen) atoms. The Morgan fingerprint density at radius 1 is 0.407 bits per heavy atom. The average molecular weight is 708 g/mol. The maximum Gasteiger partial charge on any atom is 0.164 e. The number of para-hydroxylation sites is 2. The smallest absolute Gasteiger partial charge is 0.164 e. The Labute approximate surface area is 314 Å². The molecular weight excluding hydrogens is 679 g/mol. The summed E-state index contributed by atoms with van der Waals surface area (Å²) in [5, 5.41) is 8.19. The van der Waals surface area contributed by atoms with E-state index in [-0.39, 0.29) is 0 Å². The fraction of sp³-hybridized carbons (Fsp3) is 0. The number of nitrogens with zero attached hydrogens (tertiary/aromatic N) is 5. The van der Waals surface area contributed by atoms with Crippen LogP contribution in [0.15, 0.2) is 176 Å². The van der Waals surface area contributed by atoms with Gasteiger partial charge in [0.2, 0.25) is 0 Å². The van der Waals surface area contributed by atoms with Crippen molar-refractivity contribution in [3.05, 3.63) is 176 Å². The molecule has 252 valence electrons. The van der Waals surface area contributed by atoms with Crippen LogP contribution in [0.1, 0.15) is 0 Å². The summed E-state index contributed by atoms with van der Waals surface area (Å²) < 4.78 is 3.43. The summed E-state index contributed by atoms with van der Waals surface area (Å²) in [6, 6.07) is 61.6. The third-order valence-corrected chi connectivity index (χ3v) is 11.3. The molecule has 11 aromatic rings. The van der Waals surface area contributed by atoms with Crippen LogP contribution in [-0.2, 0) is 0 Å². The highest BCUT2D eigenvalue weighted by Crippen LogP contribution is 2.39. The zero-order valence-corrected chi connectivity index (χ0v) is 29.7. The second kappa shape index (κ2) is 12.3. The summed E-state index contributed by atoms with van der Waals surface area (Å²) in [5.74, 6) is 1.86. The number of fused-ring (bicyclic) bond motifs is 7. The van der Waals surface area contributed by atoms with Crippen molar-refractivity contribution in [3.8, 4) is 50.4 Å². The van der Waals surface area contributed by atoms with E-state index >= 15 is 0 Å². The minimum absolute atomic E-state index is 0.608. The molecule has 0 unspecified atom stereocenters. The van der Waals surface area contributed by atoms with Gasteiger partial charge in [0.15, 0.2) is 17.5 Å². The van der Waals surface area contributed by atoms with Gasteiger partial charge in [0.05, 0.1) is 21.3 Å². The number of thiazole rings is 1. The molecule has 0 aliphatic heterocycles. The van der Waals surface area contributed by atoms with Crippen LogP contribution in [0.25, 0.3) is 104 Å². The van der Waals surface area contributed by atoms with Crippen molar-refractivity contribution >= 4 is 64.9 Å². The first-order chi connectivity index (χ1) is 26.7. The maximum absolute atomic E-state index is 5.22. The fourth-order valence-electron chi connectivity index (χ4n) is 7.73. The lowest BCUT2D eigenvalue weighted by Gasteiger charge is -2.10. The van der Waals surface area contributed by atoms with Gasteiger partial charge < -0.3 is 4.57 Å². The first kappa shape index (κ1) is 30.6. The SMILES string of the molecule is c1ccc(-c2nc(-c3ccc4sc(-c5ccc6ccc7ccccc7c6c5)nc4c3)nc(-c3cccc4c3c3ccccc3n4-c3ccccc3)n2)cc1. The van der Waals surface area contributed by atoms with Gasteiger partial charge >= 0.3 is 0 Å². The molecule has 0 saturated heterocycles. The van der Waals surface area contributed by atoms with Crippen LogP contribution < -0.4 is 0 Å². The number of hydrogen-bond acceptors (Lipinski definition) is 5. The van der Waals surface area contributed by atoms with Crippen molar-refractivity contribution in [1.82, 2.24) is 24.5 Å². The van der Waals surface area contributed by atoms with Gasteiger partial charge in [-0.1, -0.05) is 127 Å². The fourth-order valence-corrected chi connectivity index (χ4v) is 8.67. The molecule has 0 N–H and O–H groups in total. The molecule has 0 saturated carbocycles. The highest BCUT2D eigenvalue weighted by Gasteiger charge is 2.20. The summed E-state index contributed by atoms with van der Waals surface area (Å²) in [4.78, 5) is 20.6. The second-order valence-corrected chi connectivity index (χ2v) is 14.5. The molecule has 11 rings (SSSR count). The van der Waals surface area contributed by atoms with Gasteiger partial charge in [-0.25, -0.2) is 19.9 Å². The van der Waals surface area contributed by atoms with Gasteiger partial charge in [0.1, 0.15) is 5.01 Å². The zero-order chi connectivity index (χ0) is 35.6. The third-order valence-electron chi connectivity index (χ3n) is 10.3. The Hall–Kier alpha value is -7.02. The summed E-state index contributed by atoms with van der Waals surface area (Å²) in [7, 11) is 0. The van der Waals surface area contributed by atoms with E-state index in [2.05, 4.69) is 150 Å². The van der Waals surface area contributed by atoms with Crippen LogP contribution in [0.3, 0.4) is 0 Å². The monoisotopic (exact) mass is 707 g/mol. The maximum atomic E-state index is 5.22. The van der Waals surface area contributed by atoms with Gasteiger partial charge in [-0.2, -0.15) is 0 Å². The van der Waals surface area contributed by atoms with E-state index in [1.165, 1.54) is 21.5 Å². The number of hydrogen-bond donors (Lipinski definition) is 0. The molecule has 0 atom stereocenters. The molecule has 3 heterocycles. The lowest BCUT2D eigenvalue weighted by atomic mass is 10.0. The molecule has 0 bridgehead atoms. The Kier molecular flexibility index (Phi) is 6.97. The Balaban J connectivity index is 1.08. The number of benzene rings is 8. The number of aromatic nitrogens is 5. The molecule has 0 spiro atoms.